The van der Waals surface area contributed by atoms with Crippen LogP contribution in [0.15, 0.2) is 0 Å². The van der Waals surface area contributed by atoms with Crippen LogP contribution in [0.5, 0.6) is 0 Å². The van der Waals surface area contributed by atoms with Gasteiger partial charge < -0.3 is 9.80 Å². The summed E-state index contributed by atoms with van der Waals surface area (Å²) >= 11 is 0. The van der Waals surface area contributed by atoms with Crippen molar-refractivity contribution in [2.75, 3.05) is 46.3 Å². The molecule has 2 aliphatic heterocycles. The van der Waals surface area contributed by atoms with Crippen LogP contribution in [0.3, 0.4) is 0 Å². The highest BCUT2D eigenvalue weighted by Crippen LogP contribution is 2.06. The third-order valence-electron chi connectivity index (χ3n) is 3.65. The molecule has 2 fully saturated rings. The molecule has 0 aromatic rings. The second-order valence-electron chi connectivity index (χ2n) is 5.10. The Hall–Kier alpha value is -1.47. The average molecular weight is 268 g/mol. The second kappa shape index (κ2) is 5.66. The van der Waals surface area contributed by atoms with Gasteiger partial charge in [0.05, 0.1) is 12.6 Å². The zero-order valence-electron chi connectivity index (χ0n) is 11.4. The number of nitrogens with zero attached hydrogens (tertiary/aromatic N) is 3. The lowest BCUT2D eigenvalue weighted by atomic mass is 10.2. The lowest BCUT2D eigenvalue weighted by molar-refractivity contribution is -0.153. The Kier molecular flexibility index (Phi) is 4.16. The van der Waals surface area contributed by atoms with Crippen molar-refractivity contribution < 1.29 is 14.4 Å². The number of carbonyl (C=O) groups excluding carboxylic acids is 3. The van der Waals surface area contributed by atoms with E-state index in [1.807, 2.05) is 7.05 Å². The van der Waals surface area contributed by atoms with Crippen molar-refractivity contribution in [3.63, 3.8) is 0 Å². The van der Waals surface area contributed by atoms with Crippen LogP contribution in [0.2, 0.25) is 0 Å². The van der Waals surface area contributed by atoms with Gasteiger partial charge in [-0.25, -0.2) is 0 Å². The van der Waals surface area contributed by atoms with E-state index < -0.39 is 6.04 Å². The minimum Gasteiger partial charge on any atom is -0.339 e. The number of piperazine rings is 2. The predicted octanol–water partition coefficient (Wildman–Crippen LogP) is -1.89. The molecule has 7 heteroatoms. The molecule has 0 aliphatic carbocycles. The van der Waals surface area contributed by atoms with E-state index in [0.717, 1.165) is 18.0 Å². The van der Waals surface area contributed by atoms with Gasteiger partial charge in [-0.15, -0.1) is 0 Å². The van der Waals surface area contributed by atoms with Gasteiger partial charge in [-0.1, -0.05) is 0 Å². The number of hydrogen-bond acceptors (Lipinski definition) is 5. The Balaban J connectivity index is 1.94. The van der Waals surface area contributed by atoms with Crippen molar-refractivity contribution >= 4 is 17.7 Å². The number of imide groups is 1. The maximum absolute atomic E-state index is 12.1. The minimum atomic E-state index is -0.405. The maximum atomic E-state index is 12.1. The van der Waals surface area contributed by atoms with E-state index in [2.05, 4.69) is 10.2 Å². The molecule has 0 spiro atoms. The highest BCUT2D eigenvalue weighted by molar-refractivity contribution is 6.03. The highest BCUT2D eigenvalue weighted by atomic mass is 16.2. The van der Waals surface area contributed by atoms with Crippen LogP contribution in [-0.2, 0) is 14.4 Å². The van der Waals surface area contributed by atoms with Crippen molar-refractivity contribution in [2.45, 2.75) is 13.0 Å². The van der Waals surface area contributed by atoms with Crippen LogP contribution in [0.1, 0.15) is 6.92 Å². The van der Waals surface area contributed by atoms with Crippen molar-refractivity contribution in [1.29, 1.82) is 0 Å². The van der Waals surface area contributed by atoms with Crippen LogP contribution >= 0.6 is 0 Å². The fourth-order valence-corrected chi connectivity index (χ4v) is 2.24. The molecule has 0 aromatic carbocycles. The van der Waals surface area contributed by atoms with Crippen LogP contribution in [0.25, 0.3) is 0 Å². The van der Waals surface area contributed by atoms with Crippen LogP contribution in [0.4, 0.5) is 0 Å². The lowest BCUT2D eigenvalue weighted by Gasteiger charge is -2.35. The summed E-state index contributed by atoms with van der Waals surface area (Å²) in [5.41, 5.74) is 0. The average Bonchev–Trinajstić information content (AvgIpc) is 2.40. The Morgan fingerprint density at radius 3 is 2.53 bits per heavy atom. The highest BCUT2D eigenvalue weighted by Gasteiger charge is 2.33. The van der Waals surface area contributed by atoms with Gasteiger partial charge in [-0.3, -0.25) is 24.6 Å². The monoisotopic (exact) mass is 268 g/mol. The molecule has 0 bridgehead atoms. The fourth-order valence-electron chi connectivity index (χ4n) is 2.24. The quantitative estimate of drug-likeness (QED) is 0.593. The number of carbonyl (C=O) groups is 3. The summed E-state index contributed by atoms with van der Waals surface area (Å²) in [7, 11) is 2.01. The van der Waals surface area contributed by atoms with Gasteiger partial charge in [0.1, 0.15) is 6.54 Å². The van der Waals surface area contributed by atoms with Gasteiger partial charge in [0, 0.05) is 26.2 Å². The summed E-state index contributed by atoms with van der Waals surface area (Å²) in [6.45, 7) is 4.63. The molecule has 1 unspecified atom stereocenters. The first-order valence-electron chi connectivity index (χ1n) is 6.53. The molecule has 19 heavy (non-hydrogen) atoms. The smallest absolute Gasteiger partial charge is 0.246 e. The number of likely N-dealkylation sites (N-methyl/N-ethyl adjacent to an activating group) is 1. The molecule has 2 saturated heterocycles. The van der Waals surface area contributed by atoms with E-state index >= 15 is 0 Å². The first-order chi connectivity index (χ1) is 8.99. The summed E-state index contributed by atoms with van der Waals surface area (Å²) in [5.74, 6) is -0.798. The van der Waals surface area contributed by atoms with Crippen molar-refractivity contribution in [2.24, 2.45) is 0 Å². The molecule has 1 atom stereocenters. The molecule has 2 rings (SSSR count). The number of rotatable bonds is 2. The van der Waals surface area contributed by atoms with Gasteiger partial charge >= 0.3 is 0 Å². The molecule has 0 saturated carbocycles. The molecule has 7 nitrogen and oxygen atoms in total. The summed E-state index contributed by atoms with van der Waals surface area (Å²) in [5, 5.41) is 2.80. The van der Waals surface area contributed by atoms with Gasteiger partial charge in [0.25, 0.3) is 0 Å². The summed E-state index contributed by atoms with van der Waals surface area (Å²) < 4.78 is 0. The number of nitrogens with one attached hydrogen (secondary N) is 1. The predicted molar refractivity (Wildman–Crippen MR) is 68.3 cm³/mol. The third kappa shape index (κ3) is 3.10. The summed E-state index contributed by atoms with van der Waals surface area (Å²) in [6, 6.07) is -0.405. The molecule has 2 heterocycles. The van der Waals surface area contributed by atoms with Gasteiger partial charge in [-0.2, -0.15) is 0 Å². The Bertz CT molecular complexity index is 390. The van der Waals surface area contributed by atoms with E-state index in [4.69, 9.17) is 0 Å². The van der Waals surface area contributed by atoms with Crippen LogP contribution < -0.4 is 5.32 Å². The van der Waals surface area contributed by atoms with Crippen LogP contribution in [-0.4, -0.2) is 84.8 Å². The Labute approximate surface area is 112 Å². The van der Waals surface area contributed by atoms with Crippen LogP contribution in [0, 0.1) is 0 Å². The van der Waals surface area contributed by atoms with Crippen molar-refractivity contribution in [1.82, 2.24) is 20.0 Å². The first kappa shape index (κ1) is 14.0. The van der Waals surface area contributed by atoms with E-state index in [-0.39, 0.29) is 30.8 Å². The zero-order valence-corrected chi connectivity index (χ0v) is 11.4. The number of amides is 3. The summed E-state index contributed by atoms with van der Waals surface area (Å²) in [6.07, 6.45) is 0. The Morgan fingerprint density at radius 1 is 1.26 bits per heavy atom. The normalized spacial score (nSPS) is 25.9. The molecule has 1 N–H and O–H groups in total. The molecule has 0 aromatic heterocycles. The molecular formula is C12H20N4O3. The van der Waals surface area contributed by atoms with E-state index in [9.17, 15) is 14.4 Å². The van der Waals surface area contributed by atoms with Gasteiger partial charge in [-0.05, 0) is 14.0 Å². The molecule has 0 radical (unpaired) electrons. The largest absolute Gasteiger partial charge is 0.339 e. The molecule has 2 aliphatic rings. The molecular weight excluding hydrogens is 248 g/mol. The topological polar surface area (TPSA) is 73.0 Å². The second-order valence-corrected chi connectivity index (χ2v) is 5.10. The van der Waals surface area contributed by atoms with Gasteiger partial charge in [0.15, 0.2) is 0 Å². The standard InChI is InChI=1S/C12H20N4O3/c1-9-12(19)16(10(17)7-13-9)8-11(18)15-5-3-14(2)4-6-15/h9,13H,3-8H2,1-2H3. The van der Waals surface area contributed by atoms with E-state index in [0.29, 0.717) is 13.1 Å². The Morgan fingerprint density at radius 2 is 1.89 bits per heavy atom. The number of hydrogen-bond donors (Lipinski definition) is 1. The van der Waals surface area contributed by atoms with E-state index in [1.54, 1.807) is 11.8 Å². The summed E-state index contributed by atoms with van der Waals surface area (Å²) in [4.78, 5) is 40.6. The van der Waals surface area contributed by atoms with Gasteiger partial charge in [0.2, 0.25) is 17.7 Å². The fraction of sp³-hybridized carbons (Fsp3) is 0.750. The minimum absolute atomic E-state index is 0.114. The van der Waals surface area contributed by atoms with Crippen molar-refractivity contribution in [3.05, 3.63) is 0 Å². The molecule has 106 valence electrons. The maximum Gasteiger partial charge on any atom is 0.246 e. The third-order valence-corrected chi connectivity index (χ3v) is 3.65. The van der Waals surface area contributed by atoms with Crippen molar-refractivity contribution in [3.8, 4) is 0 Å². The molecule has 3 amide bonds. The van der Waals surface area contributed by atoms with E-state index in [1.165, 1.54) is 0 Å². The first-order valence-corrected chi connectivity index (χ1v) is 6.53. The zero-order chi connectivity index (χ0) is 14.0. The lowest BCUT2D eigenvalue weighted by Crippen LogP contribution is -2.60. The SMILES string of the molecule is CC1NCC(=O)N(CC(=O)N2CCN(C)CC2)C1=O.